The Kier molecular flexibility index (Phi) is 5.69. The van der Waals surface area contributed by atoms with E-state index in [9.17, 15) is 4.79 Å². The molecule has 7 nitrogen and oxygen atoms in total. The lowest BCUT2D eigenvalue weighted by atomic mass is 10.2. The number of amides is 1. The molecule has 30 heavy (non-hydrogen) atoms. The molecule has 0 saturated heterocycles. The number of benzene rings is 1. The number of aryl methyl sites for hydroxylation is 2. The van der Waals surface area contributed by atoms with Gasteiger partial charge in [-0.05, 0) is 49.7 Å². The minimum Gasteiger partial charge on any atom is -0.494 e. The molecule has 3 heterocycles. The molecule has 0 radical (unpaired) electrons. The average molecular weight is 442 g/mol. The fraction of sp³-hybridized carbons (Fsp3) is 0.238. The third-order valence-corrected chi connectivity index (χ3v) is 6.19. The Bertz CT molecular complexity index is 1210. The normalized spacial score (nSPS) is 11.1. The van der Waals surface area contributed by atoms with E-state index in [2.05, 4.69) is 10.1 Å². The van der Waals surface area contributed by atoms with Gasteiger partial charge in [-0.1, -0.05) is 22.9 Å². The van der Waals surface area contributed by atoms with Gasteiger partial charge < -0.3 is 4.74 Å². The molecular formula is C21H20ClN5O2S. The van der Waals surface area contributed by atoms with Crippen molar-refractivity contribution in [3.63, 3.8) is 0 Å². The summed E-state index contributed by atoms with van der Waals surface area (Å²) < 4.78 is 7.92. The molecule has 4 aromatic rings. The van der Waals surface area contributed by atoms with Gasteiger partial charge in [-0.25, -0.2) is 4.98 Å². The number of anilines is 1. The van der Waals surface area contributed by atoms with Gasteiger partial charge in [-0.3, -0.25) is 19.4 Å². The lowest BCUT2D eigenvalue weighted by molar-refractivity contribution is 0.0975. The third-order valence-electron chi connectivity index (χ3n) is 4.65. The maximum atomic E-state index is 13.6. The average Bonchev–Trinajstić information content (AvgIpc) is 3.37. The van der Waals surface area contributed by atoms with E-state index in [4.69, 9.17) is 21.3 Å². The molecule has 0 unspecified atom stereocenters. The van der Waals surface area contributed by atoms with Gasteiger partial charge in [0.2, 0.25) is 0 Å². The number of fused-ring (bicyclic) bond motifs is 1. The van der Waals surface area contributed by atoms with Crippen molar-refractivity contribution in [3.8, 4) is 5.75 Å². The van der Waals surface area contributed by atoms with E-state index in [-0.39, 0.29) is 5.91 Å². The van der Waals surface area contributed by atoms with Crippen LogP contribution in [0.15, 0.2) is 42.7 Å². The zero-order valence-corrected chi connectivity index (χ0v) is 18.4. The van der Waals surface area contributed by atoms with E-state index in [1.165, 1.54) is 11.3 Å². The van der Waals surface area contributed by atoms with Crippen molar-refractivity contribution in [1.82, 2.24) is 19.7 Å². The van der Waals surface area contributed by atoms with Crippen LogP contribution in [0.4, 0.5) is 5.13 Å². The fourth-order valence-electron chi connectivity index (χ4n) is 3.22. The number of aromatic nitrogens is 4. The second-order valence-electron chi connectivity index (χ2n) is 6.66. The van der Waals surface area contributed by atoms with E-state index in [1.54, 1.807) is 47.3 Å². The molecular weight excluding hydrogens is 422 g/mol. The largest absolute Gasteiger partial charge is 0.494 e. The van der Waals surface area contributed by atoms with Crippen molar-refractivity contribution in [1.29, 1.82) is 0 Å². The smallest absolute Gasteiger partial charge is 0.278 e. The molecule has 9 heteroatoms. The molecule has 0 atom stereocenters. The molecule has 0 aliphatic carbocycles. The van der Waals surface area contributed by atoms with Crippen LogP contribution in [0, 0.1) is 6.92 Å². The van der Waals surface area contributed by atoms with Crippen LogP contribution in [0.5, 0.6) is 5.75 Å². The van der Waals surface area contributed by atoms with Gasteiger partial charge in [0.1, 0.15) is 17.0 Å². The van der Waals surface area contributed by atoms with Crippen LogP contribution in [0.2, 0.25) is 5.02 Å². The van der Waals surface area contributed by atoms with Crippen LogP contribution in [-0.4, -0.2) is 32.8 Å². The minimum atomic E-state index is -0.177. The Hall–Kier alpha value is -2.97. The maximum Gasteiger partial charge on any atom is 0.278 e. The predicted molar refractivity (Wildman–Crippen MR) is 119 cm³/mol. The Morgan fingerprint density at radius 1 is 1.27 bits per heavy atom. The SMILES string of the molecule is CCn1nc(C)cc1C(=O)N(Cc1ccncc1)c1nc2c(OC)ccc(Cl)c2s1. The first-order valence-electron chi connectivity index (χ1n) is 9.40. The molecule has 3 aromatic heterocycles. The number of rotatable bonds is 6. The number of ether oxygens (including phenoxy) is 1. The second-order valence-corrected chi connectivity index (χ2v) is 8.04. The summed E-state index contributed by atoms with van der Waals surface area (Å²) >= 11 is 7.76. The minimum absolute atomic E-state index is 0.177. The fourth-order valence-corrected chi connectivity index (χ4v) is 4.47. The standard InChI is InChI=1S/C21H20ClN5O2S/c1-4-27-16(11-13(2)25-27)20(28)26(12-14-7-9-23-10-8-14)21-24-18-17(29-3)6-5-15(22)19(18)30-21/h5-11H,4,12H2,1-3H3. The van der Waals surface area contributed by atoms with Crippen molar-refractivity contribution < 1.29 is 9.53 Å². The third kappa shape index (κ3) is 3.76. The zero-order valence-electron chi connectivity index (χ0n) is 16.8. The van der Waals surface area contributed by atoms with Crippen LogP contribution < -0.4 is 9.64 Å². The predicted octanol–water partition coefficient (Wildman–Crippen LogP) is 4.73. The number of methoxy groups -OCH3 is 1. The summed E-state index contributed by atoms with van der Waals surface area (Å²) in [6.45, 7) is 4.77. The molecule has 0 fully saturated rings. The van der Waals surface area contributed by atoms with Crippen LogP contribution in [0.25, 0.3) is 10.2 Å². The lowest BCUT2D eigenvalue weighted by Gasteiger charge is -2.20. The molecule has 0 N–H and O–H groups in total. The first kappa shape index (κ1) is 20.3. The number of nitrogens with zero attached hydrogens (tertiary/aromatic N) is 5. The highest BCUT2D eigenvalue weighted by molar-refractivity contribution is 7.23. The summed E-state index contributed by atoms with van der Waals surface area (Å²) in [5, 5.41) is 5.53. The summed E-state index contributed by atoms with van der Waals surface area (Å²) in [6.07, 6.45) is 3.41. The molecule has 0 spiro atoms. The Morgan fingerprint density at radius 2 is 2.03 bits per heavy atom. The Balaban J connectivity index is 1.84. The van der Waals surface area contributed by atoms with Crippen molar-refractivity contribution >= 4 is 44.2 Å². The van der Waals surface area contributed by atoms with Crippen LogP contribution >= 0.6 is 22.9 Å². The number of carbonyl (C=O) groups is 1. The van der Waals surface area contributed by atoms with Crippen molar-refractivity contribution in [2.45, 2.75) is 26.9 Å². The van der Waals surface area contributed by atoms with Gasteiger partial charge >= 0.3 is 0 Å². The molecule has 1 aromatic carbocycles. The summed E-state index contributed by atoms with van der Waals surface area (Å²) in [7, 11) is 1.59. The number of thiazole rings is 1. The zero-order chi connectivity index (χ0) is 21.3. The van der Waals surface area contributed by atoms with E-state index in [1.807, 2.05) is 26.0 Å². The number of hydrogen-bond acceptors (Lipinski definition) is 6. The van der Waals surface area contributed by atoms with Gasteiger partial charge in [-0.15, -0.1) is 0 Å². The molecule has 4 rings (SSSR count). The van der Waals surface area contributed by atoms with Gasteiger partial charge in [0, 0.05) is 18.9 Å². The molecule has 154 valence electrons. The van der Waals surface area contributed by atoms with Gasteiger partial charge in [0.05, 0.1) is 29.1 Å². The highest BCUT2D eigenvalue weighted by Crippen LogP contribution is 2.39. The Morgan fingerprint density at radius 3 is 2.73 bits per heavy atom. The quantitative estimate of drug-likeness (QED) is 0.432. The van der Waals surface area contributed by atoms with E-state index in [0.717, 1.165) is 16.0 Å². The molecule has 0 aliphatic heterocycles. The number of carbonyl (C=O) groups excluding carboxylic acids is 1. The van der Waals surface area contributed by atoms with Crippen LogP contribution in [0.1, 0.15) is 28.7 Å². The van der Waals surface area contributed by atoms with Crippen LogP contribution in [-0.2, 0) is 13.1 Å². The first-order chi connectivity index (χ1) is 14.5. The van der Waals surface area contributed by atoms with E-state index < -0.39 is 0 Å². The van der Waals surface area contributed by atoms with Gasteiger partial charge in [0.25, 0.3) is 5.91 Å². The van der Waals surface area contributed by atoms with Gasteiger partial charge in [0.15, 0.2) is 5.13 Å². The molecule has 0 saturated carbocycles. The lowest BCUT2D eigenvalue weighted by Crippen LogP contribution is -2.32. The number of halogens is 1. The monoisotopic (exact) mass is 441 g/mol. The molecule has 1 amide bonds. The second kappa shape index (κ2) is 8.41. The van der Waals surface area contributed by atoms with E-state index in [0.29, 0.717) is 40.2 Å². The Labute approximate surface area is 182 Å². The molecule has 0 bridgehead atoms. The van der Waals surface area contributed by atoms with E-state index >= 15 is 0 Å². The van der Waals surface area contributed by atoms with Crippen molar-refractivity contribution in [3.05, 3.63) is 64.7 Å². The highest BCUT2D eigenvalue weighted by Gasteiger charge is 2.26. The number of pyridine rings is 1. The topological polar surface area (TPSA) is 73.1 Å². The summed E-state index contributed by atoms with van der Waals surface area (Å²) in [4.78, 5) is 24.0. The maximum absolute atomic E-state index is 13.6. The van der Waals surface area contributed by atoms with Crippen LogP contribution in [0.3, 0.4) is 0 Å². The summed E-state index contributed by atoms with van der Waals surface area (Å²) in [5.41, 5.74) is 2.88. The number of hydrogen-bond donors (Lipinski definition) is 0. The summed E-state index contributed by atoms with van der Waals surface area (Å²) in [5.74, 6) is 0.436. The first-order valence-corrected chi connectivity index (χ1v) is 10.6. The van der Waals surface area contributed by atoms with Gasteiger partial charge in [-0.2, -0.15) is 5.10 Å². The highest BCUT2D eigenvalue weighted by atomic mass is 35.5. The van der Waals surface area contributed by atoms with Crippen molar-refractivity contribution in [2.75, 3.05) is 12.0 Å². The summed E-state index contributed by atoms with van der Waals surface area (Å²) in [6, 6.07) is 9.10. The molecule has 0 aliphatic rings. The van der Waals surface area contributed by atoms with Crippen molar-refractivity contribution in [2.24, 2.45) is 0 Å².